The smallest absolute Gasteiger partial charge is 0.0949 e. The number of thiazole rings is 1. The van der Waals surface area contributed by atoms with Gasteiger partial charge in [-0.25, -0.2) is 4.98 Å². The highest BCUT2D eigenvalue weighted by molar-refractivity contribution is 7.09. The van der Waals surface area contributed by atoms with Crippen molar-refractivity contribution in [3.05, 3.63) is 40.7 Å². The van der Waals surface area contributed by atoms with Gasteiger partial charge >= 0.3 is 0 Å². The van der Waals surface area contributed by atoms with Crippen LogP contribution in [0.2, 0.25) is 0 Å². The van der Waals surface area contributed by atoms with E-state index in [0.717, 1.165) is 35.5 Å². The van der Waals surface area contributed by atoms with Crippen molar-refractivity contribution in [2.45, 2.75) is 43.7 Å². The predicted molar refractivity (Wildman–Crippen MR) is 87.4 cm³/mol. The molecule has 1 unspecified atom stereocenters. The minimum absolute atomic E-state index is 0.0276. The lowest BCUT2D eigenvalue weighted by Gasteiger charge is -2.33. The van der Waals surface area contributed by atoms with Gasteiger partial charge in [0.2, 0.25) is 0 Å². The lowest BCUT2D eigenvalue weighted by molar-refractivity contribution is -0.0253. The maximum Gasteiger partial charge on any atom is 0.0949 e. The third-order valence-corrected chi connectivity index (χ3v) is 5.42. The van der Waals surface area contributed by atoms with E-state index in [9.17, 15) is 0 Å². The van der Waals surface area contributed by atoms with Gasteiger partial charge in [0.1, 0.15) is 0 Å². The summed E-state index contributed by atoms with van der Waals surface area (Å²) in [5.74, 6) is 0. The van der Waals surface area contributed by atoms with Crippen LogP contribution in [0.4, 0.5) is 0 Å². The van der Waals surface area contributed by atoms with Crippen molar-refractivity contribution in [3.63, 3.8) is 0 Å². The highest BCUT2D eigenvalue weighted by atomic mass is 32.1. The molecule has 1 saturated carbocycles. The zero-order chi connectivity index (χ0) is 14.7. The van der Waals surface area contributed by atoms with Crippen molar-refractivity contribution in [2.24, 2.45) is 5.73 Å². The fourth-order valence-electron chi connectivity index (χ4n) is 3.22. The summed E-state index contributed by atoms with van der Waals surface area (Å²) < 4.78 is 5.78. The SMILES string of the molecule is COC1(C(N)Cc2nc(-c3ccccc3)cs2)CCCC1. The van der Waals surface area contributed by atoms with E-state index in [2.05, 4.69) is 17.5 Å². The Bertz CT molecular complexity index is 575. The summed E-state index contributed by atoms with van der Waals surface area (Å²) in [6.45, 7) is 0. The molecule has 1 aromatic heterocycles. The van der Waals surface area contributed by atoms with Gasteiger partial charge in [0, 0.05) is 30.5 Å². The number of hydrogen-bond donors (Lipinski definition) is 1. The largest absolute Gasteiger partial charge is 0.377 e. The van der Waals surface area contributed by atoms with Crippen LogP contribution in [0.5, 0.6) is 0 Å². The second-order valence-corrected chi connectivity index (χ2v) is 6.72. The molecule has 1 aliphatic carbocycles. The molecule has 0 amide bonds. The first kappa shape index (κ1) is 14.7. The fraction of sp³-hybridized carbons (Fsp3) is 0.471. The van der Waals surface area contributed by atoms with Crippen LogP contribution in [0.15, 0.2) is 35.7 Å². The Morgan fingerprint density at radius 1 is 1.29 bits per heavy atom. The molecule has 0 spiro atoms. The van der Waals surface area contributed by atoms with E-state index in [1.54, 1.807) is 18.4 Å². The average molecular weight is 302 g/mol. The average Bonchev–Trinajstić information content (AvgIpc) is 3.18. The quantitative estimate of drug-likeness (QED) is 0.917. The molecule has 3 nitrogen and oxygen atoms in total. The zero-order valence-corrected chi connectivity index (χ0v) is 13.2. The van der Waals surface area contributed by atoms with Gasteiger partial charge in [0.15, 0.2) is 0 Å². The minimum atomic E-state index is -0.140. The van der Waals surface area contributed by atoms with Crippen LogP contribution >= 0.6 is 11.3 Å². The molecule has 2 N–H and O–H groups in total. The molecule has 21 heavy (non-hydrogen) atoms. The van der Waals surface area contributed by atoms with Crippen LogP contribution in [-0.2, 0) is 11.2 Å². The third kappa shape index (κ3) is 3.03. The van der Waals surface area contributed by atoms with E-state index in [-0.39, 0.29) is 11.6 Å². The van der Waals surface area contributed by atoms with E-state index in [1.165, 1.54) is 12.8 Å². The van der Waals surface area contributed by atoms with Crippen LogP contribution < -0.4 is 5.73 Å². The number of benzene rings is 1. The van der Waals surface area contributed by atoms with Crippen molar-refractivity contribution in [1.29, 1.82) is 0 Å². The normalized spacial score (nSPS) is 18.8. The van der Waals surface area contributed by atoms with Crippen molar-refractivity contribution in [3.8, 4) is 11.3 Å². The summed E-state index contributed by atoms with van der Waals surface area (Å²) in [5, 5.41) is 3.22. The summed E-state index contributed by atoms with van der Waals surface area (Å²) in [7, 11) is 1.79. The maximum absolute atomic E-state index is 6.45. The number of aromatic nitrogens is 1. The second-order valence-electron chi connectivity index (χ2n) is 5.78. The number of hydrogen-bond acceptors (Lipinski definition) is 4. The van der Waals surface area contributed by atoms with Crippen LogP contribution in [0.3, 0.4) is 0 Å². The summed E-state index contributed by atoms with van der Waals surface area (Å²) in [6, 6.07) is 10.3. The second kappa shape index (κ2) is 6.26. The predicted octanol–water partition coefficient (Wildman–Crippen LogP) is 3.64. The molecular weight excluding hydrogens is 280 g/mol. The molecule has 1 heterocycles. The van der Waals surface area contributed by atoms with E-state index < -0.39 is 0 Å². The van der Waals surface area contributed by atoms with Gasteiger partial charge < -0.3 is 10.5 Å². The molecule has 0 bridgehead atoms. The van der Waals surface area contributed by atoms with Crippen LogP contribution in [0, 0.1) is 0 Å². The Kier molecular flexibility index (Phi) is 4.38. The molecule has 2 aromatic rings. The molecule has 0 aliphatic heterocycles. The highest BCUT2D eigenvalue weighted by Gasteiger charge is 2.39. The number of methoxy groups -OCH3 is 1. The zero-order valence-electron chi connectivity index (χ0n) is 12.4. The molecule has 4 heteroatoms. The van der Waals surface area contributed by atoms with E-state index in [0.29, 0.717) is 0 Å². The van der Waals surface area contributed by atoms with Gasteiger partial charge in [-0.05, 0) is 12.8 Å². The molecule has 1 aliphatic rings. The number of rotatable bonds is 5. The first-order valence-electron chi connectivity index (χ1n) is 7.54. The fourth-order valence-corrected chi connectivity index (χ4v) is 4.08. The van der Waals surface area contributed by atoms with Crippen LogP contribution in [0.1, 0.15) is 30.7 Å². The van der Waals surface area contributed by atoms with Gasteiger partial charge in [-0.3, -0.25) is 0 Å². The summed E-state index contributed by atoms with van der Waals surface area (Å²) in [6.07, 6.45) is 5.37. The molecule has 112 valence electrons. The Morgan fingerprint density at radius 3 is 2.67 bits per heavy atom. The van der Waals surface area contributed by atoms with Gasteiger partial charge in [0.25, 0.3) is 0 Å². The standard InChI is InChI=1S/C17H22N2OS/c1-20-17(9-5-6-10-17)15(18)11-16-19-14(12-21-16)13-7-3-2-4-8-13/h2-4,7-8,12,15H,5-6,9-11,18H2,1H3. The number of ether oxygens (including phenoxy) is 1. The first-order chi connectivity index (χ1) is 10.2. The Balaban J connectivity index is 1.72. The Hall–Kier alpha value is -1.23. The van der Waals surface area contributed by atoms with Gasteiger partial charge in [-0.1, -0.05) is 43.2 Å². The van der Waals surface area contributed by atoms with Crippen LogP contribution in [0.25, 0.3) is 11.3 Å². The van der Waals surface area contributed by atoms with Crippen molar-refractivity contribution >= 4 is 11.3 Å². The van der Waals surface area contributed by atoms with Gasteiger partial charge in [0.05, 0.1) is 16.3 Å². The van der Waals surface area contributed by atoms with Gasteiger partial charge in [-0.2, -0.15) is 0 Å². The molecule has 1 aromatic carbocycles. The Morgan fingerprint density at radius 2 is 2.00 bits per heavy atom. The number of nitrogens with zero attached hydrogens (tertiary/aromatic N) is 1. The van der Waals surface area contributed by atoms with Crippen LogP contribution in [-0.4, -0.2) is 23.7 Å². The first-order valence-corrected chi connectivity index (χ1v) is 8.42. The van der Waals surface area contributed by atoms with Crippen molar-refractivity contribution in [2.75, 3.05) is 7.11 Å². The van der Waals surface area contributed by atoms with Gasteiger partial charge in [-0.15, -0.1) is 11.3 Å². The topological polar surface area (TPSA) is 48.1 Å². The highest BCUT2D eigenvalue weighted by Crippen LogP contribution is 2.36. The molecule has 1 fully saturated rings. The monoisotopic (exact) mass is 302 g/mol. The molecule has 3 rings (SSSR count). The lowest BCUT2D eigenvalue weighted by Crippen LogP contribution is -2.48. The van der Waals surface area contributed by atoms with E-state index >= 15 is 0 Å². The Labute approximate surface area is 130 Å². The molecule has 0 saturated heterocycles. The van der Waals surface area contributed by atoms with E-state index in [1.807, 2.05) is 18.2 Å². The van der Waals surface area contributed by atoms with Crippen molar-refractivity contribution in [1.82, 2.24) is 4.98 Å². The summed E-state index contributed by atoms with van der Waals surface area (Å²) >= 11 is 1.69. The molecule has 0 radical (unpaired) electrons. The molecule has 1 atom stereocenters. The summed E-state index contributed by atoms with van der Waals surface area (Å²) in [4.78, 5) is 4.74. The maximum atomic E-state index is 6.45. The minimum Gasteiger partial charge on any atom is -0.377 e. The third-order valence-electron chi connectivity index (χ3n) is 4.55. The van der Waals surface area contributed by atoms with E-state index in [4.69, 9.17) is 15.5 Å². The lowest BCUT2D eigenvalue weighted by atomic mass is 9.90. The summed E-state index contributed by atoms with van der Waals surface area (Å²) in [5.41, 5.74) is 8.51. The molecular formula is C17H22N2OS. The number of nitrogens with two attached hydrogens (primary N) is 1. The van der Waals surface area contributed by atoms with Crippen molar-refractivity contribution < 1.29 is 4.74 Å².